The molecular formula is C16H15FN4O2. The van der Waals surface area contributed by atoms with Crippen LogP contribution in [0.15, 0.2) is 47.4 Å². The first-order valence-electron chi connectivity index (χ1n) is 7.10. The van der Waals surface area contributed by atoms with Gasteiger partial charge in [-0.25, -0.2) is 13.9 Å². The predicted molar refractivity (Wildman–Crippen MR) is 82.4 cm³/mol. The van der Waals surface area contributed by atoms with Crippen LogP contribution >= 0.6 is 0 Å². The molecule has 2 heterocycles. The van der Waals surface area contributed by atoms with E-state index in [0.717, 1.165) is 4.68 Å². The lowest BCUT2D eigenvalue weighted by Crippen LogP contribution is -2.32. The first-order valence-corrected chi connectivity index (χ1v) is 7.10. The smallest absolute Gasteiger partial charge is 0.350 e. The fourth-order valence-corrected chi connectivity index (χ4v) is 2.21. The number of pyridine rings is 1. The lowest BCUT2D eigenvalue weighted by molar-refractivity contribution is -0.122. The topological polar surface area (TPSA) is 68.4 Å². The van der Waals surface area contributed by atoms with Crippen molar-refractivity contribution in [2.24, 2.45) is 0 Å². The van der Waals surface area contributed by atoms with E-state index in [9.17, 15) is 14.0 Å². The number of aromatic nitrogens is 3. The van der Waals surface area contributed by atoms with Gasteiger partial charge < -0.3 is 5.32 Å². The average molecular weight is 314 g/mol. The standard InChI is InChI=1S/C16H15FN4O2/c1-11-5-6-12(8-13(11)17)9-18-15(22)10-21-16(23)20-7-3-2-4-14(20)19-21/h2-8H,9-10H2,1H3,(H,18,22). The predicted octanol–water partition coefficient (Wildman–Crippen LogP) is 1.26. The number of benzene rings is 1. The number of fused-ring (bicyclic) bond motifs is 1. The van der Waals surface area contributed by atoms with Gasteiger partial charge in [0.25, 0.3) is 0 Å². The summed E-state index contributed by atoms with van der Waals surface area (Å²) in [6, 6.07) is 9.95. The number of rotatable bonds is 4. The van der Waals surface area contributed by atoms with Crippen LogP contribution in [0.4, 0.5) is 4.39 Å². The van der Waals surface area contributed by atoms with Crippen LogP contribution in [0.25, 0.3) is 5.65 Å². The number of carbonyl (C=O) groups excluding carboxylic acids is 1. The normalized spacial score (nSPS) is 10.9. The maximum atomic E-state index is 13.5. The van der Waals surface area contributed by atoms with Gasteiger partial charge in [0.1, 0.15) is 12.4 Å². The Kier molecular flexibility index (Phi) is 3.92. The summed E-state index contributed by atoms with van der Waals surface area (Å²) in [5, 5.41) is 6.73. The number of halogens is 1. The monoisotopic (exact) mass is 314 g/mol. The van der Waals surface area contributed by atoms with Crippen molar-refractivity contribution in [1.82, 2.24) is 19.5 Å². The van der Waals surface area contributed by atoms with Crippen molar-refractivity contribution in [3.63, 3.8) is 0 Å². The highest BCUT2D eigenvalue weighted by Crippen LogP contribution is 2.08. The summed E-state index contributed by atoms with van der Waals surface area (Å²) in [6.07, 6.45) is 1.59. The largest absolute Gasteiger partial charge is 0.350 e. The highest BCUT2D eigenvalue weighted by molar-refractivity contribution is 5.75. The molecule has 0 saturated heterocycles. The molecule has 0 aliphatic carbocycles. The average Bonchev–Trinajstić information content (AvgIpc) is 2.85. The molecule has 23 heavy (non-hydrogen) atoms. The minimum atomic E-state index is -0.378. The number of carbonyl (C=O) groups is 1. The Morgan fingerprint density at radius 3 is 2.87 bits per heavy atom. The zero-order valence-corrected chi connectivity index (χ0v) is 12.5. The van der Waals surface area contributed by atoms with Gasteiger partial charge in [-0.2, -0.15) is 0 Å². The Balaban J connectivity index is 1.67. The Bertz CT molecular complexity index is 929. The third kappa shape index (κ3) is 3.13. The molecule has 0 unspecified atom stereocenters. The lowest BCUT2D eigenvalue weighted by atomic mass is 10.1. The molecule has 0 bridgehead atoms. The van der Waals surface area contributed by atoms with E-state index < -0.39 is 0 Å². The second-order valence-electron chi connectivity index (χ2n) is 5.23. The summed E-state index contributed by atoms with van der Waals surface area (Å²) in [5.41, 5.74) is 1.31. The Hall–Kier alpha value is -2.96. The van der Waals surface area contributed by atoms with Crippen molar-refractivity contribution in [2.45, 2.75) is 20.0 Å². The van der Waals surface area contributed by atoms with Crippen LogP contribution in [0.3, 0.4) is 0 Å². The Morgan fingerprint density at radius 2 is 2.13 bits per heavy atom. The number of aryl methyl sites for hydroxylation is 1. The summed E-state index contributed by atoms with van der Waals surface area (Å²) in [6.45, 7) is 1.68. The van der Waals surface area contributed by atoms with Crippen molar-refractivity contribution in [2.75, 3.05) is 0 Å². The third-order valence-electron chi connectivity index (χ3n) is 3.51. The maximum Gasteiger partial charge on any atom is 0.350 e. The lowest BCUT2D eigenvalue weighted by Gasteiger charge is -2.06. The van der Waals surface area contributed by atoms with Gasteiger partial charge in [-0.15, -0.1) is 5.10 Å². The molecule has 3 aromatic rings. The van der Waals surface area contributed by atoms with Crippen molar-refractivity contribution >= 4 is 11.6 Å². The summed E-state index contributed by atoms with van der Waals surface area (Å²) < 4.78 is 15.9. The molecule has 1 N–H and O–H groups in total. The van der Waals surface area contributed by atoms with Gasteiger partial charge in [0.15, 0.2) is 5.65 Å². The molecule has 0 saturated carbocycles. The number of nitrogens with zero attached hydrogens (tertiary/aromatic N) is 3. The summed E-state index contributed by atoms with van der Waals surface area (Å²) in [7, 11) is 0. The minimum Gasteiger partial charge on any atom is -0.350 e. The molecule has 0 atom stereocenters. The van der Waals surface area contributed by atoms with Crippen LogP contribution in [0.1, 0.15) is 11.1 Å². The first kappa shape index (κ1) is 15.0. The van der Waals surface area contributed by atoms with Crippen LogP contribution in [0.2, 0.25) is 0 Å². The van der Waals surface area contributed by atoms with Crippen LogP contribution in [-0.4, -0.2) is 20.1 Å². The maximum absolute atomic E-state index is 13.5. The zero-order valence-electron chi connectivity index (χ0n) is 12.5. The summed E-state index contributed by atoms with van der Waals surface area (Å²) in [4.78, 5) is 24.0. The van der Waals surface area contributed by atoms with Gasteiger partial charge in [0, 0.05) is 12.7 Å². The number of nitrogens with one attached hydrogen (secondary N) is 1. The Morgan fingerprint density at radius 1 is 1.30 bits per heavy atom. The first-order chi connectivity index (χ1) is 11.0. The molecule has 1 amide bonds. The highest BCUT2D eigenvalue weighted by atomic mass is 19.1. The molecule has 3 rings (SSSR count). The summed E-state index contributed by atoms with van der Waals surface area (Å²) >= 11 is 0. The molecular weight excluding hydrogens is 299 g/mol. The van der Waals surface area contributed by atoms with Crippen molar-refractivity contribution in [3.05, 3.63) is 70.0 Å². The number of hydrogen-bond donors (Lipinski definition) is 1. The molecule has 6 nitrogen and oxygen atoms in total. The van der Waals surface area contributed by atoms with Gasteiger partial charge in [-0.3, -0.25) is 9.20 Å². The quantitative estimate of drug-likeness (QED) is 0.788. The minimum absolute atomic E-state index is 0.186. The van der Waals surface area contributed by atoms with E-state index in [-0.39, 0.29) is 30.5 Å². The van der Waals surface area contributed by atoms with Crippen LogP contribution in [0.5, 0.6) is 0 Å². The van der Waals surface area contributed by atoms with Gasteiger partial charge in [0.05, 0.1) is 0 Å². The van der Waals surface area contributed by atoms with Crippen LogP contribution in [-0.2, 0) is 17.9 Å². The molecule has 0 aliphatic rings. The van der Waals surface area contributed by atoms with E-state index >= 15 is 0 Å². The van der Waals surface area contributed by atoms with Gasteiger partial charge in [0.2, 0.25) is 5.91 Å². The SMILES string of the molecule is Cc1ccc(CNC(=O)Cn2nc3ccccn3c2=O)cc1F. The van der Waals surface area contributed by atoms with Gasteiger partial charge in [-0.1, -0.05) is 18.2 Å². The van der Waals surface area contributed by atoms with Crippen molar-refractivity contribution < 1.29 is 9.18 Å². The number of hydrogen-bond acceptors (Lipinski definition) is 3. The fraction of sp³-hybridized carbons (Fsp3) is 0.188. The number of amides is 1. The third-order valence-corrected chi connectivity index (χ3v) is 3.51. The molecule has 0 aliphatic heterocycles. The van der Waals surface area contributed by atoms with Gasteiger partial charge in [-0.05, 0) is 36.2 Å². The van der Waals surface area contributed by atoms with E-state index in [1.807, 2.05) is 0 Å². The van der Waals surface area contributed by atoms with Crippen molar-refractivity contribution in [3.8, 4) is 0 Å². The second kappa shape index (κ2) is 6.04. The molecule has 118 valence electrons. The zero-order chi connectivity index (χ0) is 16.4. The van der Waals surface area contributed by atoms with E-state index in [2.05, 4.69) is 10.4 Å². The highest BCUT2D eigenvalue weighted by Gasteiger charge is 2.10. The molecule has 7 heteroatoms. The van der Waals surface area contributed by atoms with Gasteiger partial charge >= 0.3 is 5.69 Å². The molecule has 2 aromatic heterocycles. The molecule has 1 aromatic carbocycles. The summed E-state index contributed by atoms with van der Waals surface area (Å²) in [5.74, 6) is -0.676. The molecule has 0 spiro atoms. The Labute approximate surface area is 131 Å². The van der Waals surface area contributed by atoms with E-state index in [1.165, 1.54) is 10.5 Å². The van der Waals surface area contributed by atoms with Crippen LogP contribution in [0, 0.1) is 12.7 Å². The molecule has 0 fully saturated rings. The molecule has 0 radical (unpaired) electrons. The van der Waals surface area contributed by atoms with Crippen LogP contribution < -0.4 is 11.0 Å². The van der Waals surface area contributed by atoms with Crippen molar-refractivity contribution in [1.29, 1.82) is 0 Å². The second-order valence-corrected chi connectivity index (χ2v) is 5.23. The van der Waals surface area contributed by atoms with E-state index in [4.69, 9.17) is 0 Å². The van der Waals surface area contributed by atoms with E-state index in [0.29, 0.717) is 16.8 Å². The fourth-order valence-electron chi connectivity index (χ4n) is 2.21. The van der Waals surface area contributed by atoms with E-state index in [1.54, 1.807) is 43.5 Å².